The predicted octanol–water partition coefficient (Wildman–Crippen LogP) is 2.63. The first-order valence-corrected chi connectivity index (χ1v) is 9.11. The quantitative estimate of drug-likeness (QED) is 0.897. The van der Waals surface area contributed by atoms with Gasteiger partial charge in [0.15, 0.2) is 0 Å². The van der Waals surface area contributed by atoms with E-state index in [1.165, 1.54) is 0 Å². The minimum Gasteiger partial charge on any atom is -0.496 e. The van der Waals surface area contributed by atoms with Crippen LogP contribution in [0.3, 0.4) is 0 Å². The maximum Gasteiger partial charge on any atom is 0.243 e. The Morgan fingerprint density at radius 3 is 2.46 bits per heavy atom. The molecule has 0 aromatic heterocycles. The van der Waals surface area contributed by atoms with E-state index in [9.17, 15) is 8.42 Å². The third-order valence-electron chi connectivity index (χ3n) is 4.70. The van der Waals surface area contributed by atoms with Crippen molar-refractivity contribution in [3.05, 3.63) is 36.4 Å². The molecule has 0 saturated carbocycles. The van der Waals surface area contributed by atoms with Gasteiger partial charge in [-0.05, 0) is 30.5 Å². The Bertz CT molecular complexity index is 841. The number of methoxy groups -OCH3 is 1. The summed E-state index contributed by atoms with van der Waals surface area (Å²) in [6, 6.07) is 10.8. The van der Waals surface area contributed by atoms with Crippen molar-refractivity contribution in [1.29, 1.82) is 0 Å². The molecule has 0 amide bonds. The Morgan fingerprint density at radius 1 is 1.21 bits per heavy atom. The van der Waals surface area contributed by atoms with Crippen LogP contribution in [0.5, 0.6) is 5.75 Å². The first kappa shape index (κ1) is 19.0. The number of benzene rings is 2. The molecular weight excluding hydrogens is 348 g/mol. The molecule has 5 nitrogen and oxygen atoms in total. The van der Waals surface area contributed by atoms with Crippen molar-refractivity contribution in [1.82, 2.24) is 4.31 Å². The zero-order valence-electron chi connectivity index (χ0n) is 13.9. The average molecular weight is 371 g/mol. The number of halogens is 1. The number of hydrogen-bond donors (Lipinski definition) is 1. The van der Waals surface area contributed by atoms with E-state index in [0.29, 0.717) is 35.7 Å². The fraction of sp³-hybridized carbons (Fsp3) is 0.412. The molecule has 0 aliphatic carbocycles. The van der Waals surface area contributed by atoms with Gasteiger partial charge in [-0.3, -0.25) is 0 Å². The Labute approximate surface area is 149 Å². The fourth-order valence-electron chi connectivity index (χ4n) is 3.14. The van der Waals surface area contributed by atoms with Gasteiger partial charge in [-0.15, -0.1) is 12.4 Å². The van der Waals surface area contributed by atoms with Crippen molar-refractivity contribution in [2.75, 3.05) is 26.7 Å². The standard InChI is InChI=1S/C17H22N2O3S.ClH/c1-17(11-18)9-10-19(12-17)23(20,21)16-8-7-15(22-2)13-5-3-4-6-14(13)16;/h3-8H,9-12,18H2,1-2H3;1H. The van der Waals surface area contributed by atoms with Crippen LogP contribution < -0.4 is 10.5 Å². The SMILES string of the molecule is COc1ccc(S(=O)(=O)N2CCC(C)(CN)C2)c2ccccc12.Cl. The minimum absolute atomic E-state index is 0. The molecule has 24 heavy (non-hydrogen) atoms. The molecule has 1 fully saturated rings. The smallest absolute Gasteiger partial charge is 0.243 e. The van der Waals surface area contributed by atoms with E-state index in [1.807, 2.05) is 31.2 Å². The van der Waals surface area contributed by atoms with Gasteiger partial charge >= 0.3 is 0 Å². The van der Waals surface area contributed by atoms with Gasteiger partial charge in [0.1, 0.15) is 5.75 Å². The lowest BCUT2D eigenvalue weighted by Crippen LogP contribution is -2.34. The molecule has 7 heteroatoms. The zero-order valence-corrected chi connectivity index (χ0v) is 15.5. The van der Waals surface area contributed by atoms with Crippen LogP contribution in [-0.4, -0.2) is 39.5 Å². The molecule has 1 aliphatic rings. The highest BCUT2D eigenvalue weighted by Crippen LogP contribution is 2.36. The molecule has 132 valence electrons. The lowest BCUT2D eigenvalue weighted by molar-refractivity contribution is 0.350. The van der Waals surface area contributed by atoms with Gasteiger partial charge in [0.2, 0.25) is 10.0 Å². The van der Waals surface area contributed by atoms with E-state index >= 15 is 0 Å². The van der Waals surface area contributed by atoms with E-state index in [4.69, 9.17) is 10.5 Å². The first-order chi connectivity index (χ1) is 10.9. The second-order valence-electron chi connectivity index (χ2n) is 6.41. The van der Waals surface area contributed by atoms with Crippen LogP contribution in [0.15, 0.2) is 41.3 Å². The molecular formula is C17H23ClN2O3S. The van der Waals surface area contributed by atoms with Gasteiger partial charge in [-0.25, -0.2) is 8.42 Å². The van der Waals surface area contributed by atoms with Gasteiger partial charge in [0, 0.05) is 23.9 Å². The van der Waals surface area contributed by atoms with E-state index in [1.54, 1.807) is 23.5 Å². The average Bonchev–Trinajstić information content (AvgIpc) is 2.97. The van der Waals surface area contributed by atoms with E-state index < -0.39 is 10.0 Å². The molecule has 1 atom stereocenters. The maximum absolute atomic E-state index is 13.1. The predicted molar refractivity (Wildman–Crippen MR) is 98.3 cm³/mol. The largest absolute Gasteiger partial charge is 0.496 e. The lowest BCUT2D eigenvalue weighted by Gasteiger charge is -2.23. The van der Waals surface area contributed by atoms with Crippen LogP contribution in [-0.2, 0) is 10.0 Å². The molecule has 1 unspecified atom stereocenters. The minimum atomic E-state index is -3.55. The number of fused-ring (bicyclic) bond motifs is 1. The summed E-state index contributed by atoms with van der Waals surface area (Å²) in [7, 11) is -1.96. The van der Waals surface area contributed by atoms with Crippen molar-refractivity contribution < 1.29 is 13.2 Å². The molecule has 0 bridgehead atoms. The van der Waals surface area contributed by atoms with Gasteiger partial charge < -0.3 is 10.5 Å². The van der Waals surface area contributed by atoms with Crippen LogP contribution in [0.4, 0.5) is 0 Å². The monoisotopic (exact) mass is 370 g/mol. The molecule has 0 spiro atoms. The van der Waals surface area contributed by atoms with Gasteiger partial charge in [0.25, 0.3) is 0 Å². The summed E-state index contributed by atoms with van der Waals surface area (Å²) < 4.78 is 33.1. The highest BCUT2D eigenvalue weighted by atomic mass is 35.5. The van der Waals surface area contributed by atoms with E-state index in [0.717, 1.165) is 11.8 Å². The van der Waals surface area contributed by atoms with E-state index in [-0.39, 0.29) is 17.8 Å². The number of rotatable bonds is 4. The van der Waals surface area contributed by atoms with Crippen LogP contribution in [0.1, 0.15) is 13.3 Å². The zero-order chi connectivity index (χ0) is 16.7. The van der Waals surface area contributed by atoms with Crippen molar-refractivity contribution in [2.45, 2.75) is 18.2 Å². The number of ether oxygens (including phenoxy) is 1. The highest BCUT2D eigenvalue weighted by molar-refractivity contribution is 7.89. The number of nitrogens with two attached hydrogens (primary N) is 1. The topological polar surface area (TPSA) is 72.6 Å². The summed E-state index contributed by atoms with van der Waals surface area (Å²) in [5.41, 5.74) is 5.66. The number of sulfonamides is 1. The molecule has 0 radical (unpaired) electrons. The maximum atomic E-state index is 13.1. The first-order valence-electron chi connectivity index (χ1n) is 7.67. The molecule has 1 saturated heterocycles. The Morgan fingerprint density at radius 2 is 1.88 bits per heavy atom. The molecule has 2 aromatic rings. The second kappa shape index (κ2) is 6.88. The van der Waals surface area contributed by atoms with Crippen molar-refractivity contribution in [2.24, 2.45) is 11.1 Å². The highest BCUT2D eigenvalue weighted by Gasteiger charge is 2.39. The van der Waals surface area contributed by atoms with Gasteiger partial charge in [-0.1, -0.05) is 31.2 Å². The van der Waals surface area contributed by atoms with Gasteiger partial charge in [0.05, 0.1) is 12.0 Å². The molecule has 1 heterocycles. The molecule has 2 aromatic carbocycles. The Kier molecular flexibility index (Phi) is 5.44. The summed E-state index contributed by atoms with van der Waals surface area (Å²) in [4.78, 5) is 0.329. The Hall–Kier alpha value is -1.34. The van der Waals surface area contributed by atoms with Crippen molar-refractivity contribution in [3.63, 3.8) is 0 Å². The van der Waals surface area contributed by atoms with Gasteiger partial charge in [-0.2, -0.15) is 4.31 Å². The number of nitrogens with zero attached hydrogens (tertiary/aromatic N) is 1. The van der Waals surface area contributed by atoms with Crippen LogP contribution in [0, 0.1) is 5.41 Å². The normalized spacial score (nSPS) is 21.6. The molecule has 1 aliphatic heterocycles. The van der Waals surface area contributed by atoms with Crippen LogP contribution in [0.25, 0.3) is 10.8 Å². The summed E-state index contributed by atoms with van der Waals surface area (Å²) in [5.74, 6) is 0.674. The van der Waals surface area contributed by atoms with E-state index in [2.05, 4.69) is 0 Å². The van der Waals surface area contributed by atoms with Crippen LogP contribution >= 0.6 is 12.4 Å². The second-order valence-corrected chi connectivity index (χ2v) is 8.32. The third-order valence-corrected chi connectivity index (χ3v) is 6.60. The third kappa shape index (κ3) is 3.11. The summed E-state index contributed by atoms with van der Waals surface area (Å²) >= 11 is 0. The summed E-state index contributed by atoms with van der Waals surface area (Å²) in [6.45, 7) is 3.50. The number of hydrogen-bond acceptors (Lipinski definition) is 4. The van der Waals surface area contributed by atoms with Crippen LogP contribution in [0.2, 0.25) is 0 Å². The van der Waals surface area contributed by atoms with Crippen molar-refractivity contribution >= 4 is 33.2 Å². The van der Waals surface area contributed by atoms with Crippen molar-refractivity contribution in [3.8, 4) is 5.75 Å². The summed E-state index contributed by atoms with van der Waals surface area (Å²) in [6.07, 6.45) is 0.789. The Balaban J connectivity index is 0.00000208. The molecule has 3 rings (SSSR count). The molecule has 2 N–H and O–H groups in total. The fourth-order valence-corrected chi connectivity index (χ4v) is 4.92. The lowest BCUT2D eigenvalue weighted by atomic mass is 9.90. The summed E-state index contributed by atoms with van der Waals surface area (Å²) in [5, 5.41) is 1.49.